The van der Waals surface area contributed by atoms with Crippen molar-refractivity contribution in [2.75, 3.05) is 18.6 Å². The standard InChI is InChI=1S/C20H37N7O7S/c1-35-9-7-11(22)17(30)25-12(4-2-3-8-21)18(31)26-13(5-6-15(23)28)19(32)27-14(20(33)34)10-16(24)29/h11-14H,2-10,21-22H2,1H3,(H2,23,28)(H2,24,29)(H,25,30)(H,26,31)(H,27,32)(H,33,34). The van der Waals surface area contributed by atoms with Crippen molar-refractivity contribution in [1.29, 1.82) is 0 Å². The van der Waals surface area contributed by atoms with E-state index in [1.165, 1.54) is 11.8 Å². The number of nitrogens with one attached hydrogen (secondary N) is 3. The molecular weight excluding hydrogens is 482 g/mol. The van der Waals surface area contributed by atoms with Gasteiger partial charge < -0.3 is 44.0 Å². The predicted octanol–water partition coefficient (Wildman–Crippen LogP) is -3.12. The smallest absolute Gasteiger partial charge is 0.326 e. The van der Waals surface area contributed by atoms with Gasteiger partial charge >= 0.3 is 5.97 Å². The number of unbranched alkanes of at least 4 members (excludes halogenated alkanes) is 1. The normalized spacial score (nSPS) is 14.1. The van der Waals surface area contributed by atoms with Crippen molar-refractivity contribution >= 4 is 47.3 Å². The Morgan fingerprint density at radius 1 is 0.800 bits per heavy atom. The van der Waals surface area contributed by atoms with Gasteiger partial charge in [-0.05, 0) is 50.7 Å². The SMILES string of the molecule is CSCCC(N)C(=O)NC(CCCCN)C(=O)NC(CCC(N)=O)C(=O)NC(CC(N)=O)C(=O)O. The molecule has 200 valence electrons. The van der Waals surface area contributed by atoms with E-state index < -0.39 is 66.1 Å². The molecule has 0 aromatic heterocycles. The maximum atomic E-state index is 13.0. The molecule has 0 fully saturated rings. The van der Waals surface area contributed by atoms with E-state index in [-0.39, 0.29) is 19.3 Å². The van der Waals surface area contributed by atoms with Crippen LogP contribution in [0.25, 0.3) is 0 Å². The minimum Gasteiger partial charge on any atom is -0.480 e. The lowest BCUT2D eigenvalue weighted by atomic mass is 10.0. The van der Waals surface area contributed by atoms with Crippen LogP contribution in [0.4, 0.5) is 0 Å². The number of carboxylic acid groups (broad SMARTS) is 1. The molecule has 0 rings (SSSR count). The number of hydrogen-bond acceptors (Lipinski definition) is 9. The number of carbonyl (C=O) groups is 6. The third-order valence-electron chi connectivity index (χ3n) is 4.88. The van der Waals surface area contributed by atoms with Crippen molar-refractivity contribution in [3.8, 4) is 0 Å². The highest BCUT2D eigenvalue weighted by Crippen LogP contribution is 2.06. The van der Waals surface area contributed by atoms with Crippen molar-refractivity contribution in [3.63, 3.8) is 0 Å². The molecule has 0 heterocycles. The zero-order valence-corrected chi connectivity index (χ0v) is 20.6. The lowest BCUT2D eigenvalue weighted by Crippen LogP contribution is -2.57. The number of hydrogen-bond donors (Lipinski definition) is 8. The van der Waals surface area contributed by atoms with E-state index in [9.17, 15) is 33.9 Å². The van der Waals surface area contributed by atoms with E-state index in [0.717, 1.165) is 0 Å². The summed E-state index contributed by atoms with van der Waals surface area (Å²) in [5.41, 5.74) is 21.5. The van der Waals surface area contributed by atoms with Crippen LogP contribution < -0.4 is 38.9 Å². The molecule has 12 N–H and O–H groups in total. The topological polar surface area (TPSA) is 263 Å². The first-order valence-electron chi connectivity index (χ1n) is 11.1. The van der Waals surface area contributed by atoms with Crippen LogP contribution in [0.3, 0.4) is 0 Å². The van der Waals surface area contributed by atoms with Crippen LogP contribution in [-0.4, -0.2) is 83.3 Å². The van der Waals surface area contributed by atoms with Crippen molar-refractivity contribution in [1.82, 2.24) is 16.0 Å². The fraction of sp³-hybridized carbons (Fsp3) is 0.700. The molecule has 0 aromatic rings. The van der Waals surface area contributed by atoms with Crippen molar-refractivity contribution in [3.05, 3.63) is 0 Å². The van der Waals surface area contributed by atoms with Crippen LogP contribution in [0, 0.1) is 0 Å². The van der Waals surface area contributed by atoms with Gasteiger partial charge in [-0.15, -0.1) is 0 Å². The third-order valence-corrected chi connectivity index (χ3v) is 5.53. The third kappa shape index (κ3) is 14.2. The molecule has 0 saturated carbocycles. The second-order valence-electron chi connectivity index (χ2n) is 7.87. The van der Waals surface area contributed by atoms with Crippen molar-refractivity contribution in [2.24, 2.45) is 22.9 Å². The highest BCUT2D eigenvalue weighted by atomic mass is 32.2. The van der Waals surface area contributed by atoms with Gasteiger partial charge in [0.1, 0.15) is 18.1 Å². The van der Waals surface area contributed by atoms with Crippen molar-refractivity contribution in [2.45, 2.75) is 69.1 Å². The molecule has 15 heteroatoms. The van der Waals surface area contributed by atoms with Crippen LogP contribution in [-0.2, 0) is 28.8 Å². The first kappa shape index (κ1) is 32.1. The van der Waals surface area contributed by atoms with E-state index in [2.05, 4.69) is 16.0 Å². The van der Waals surface area contributed by atoms with Gasteiger partial charge in [0, 0.05) is 6.42 Å². The number of carboxylic acids is 1. The summed E-state index contributed by atoms with van der Waals surface area (Å²) in [6.45, 7) is 0.371. The Bertz CT molecular complexity index is 753. The summed E-state index contributed by atoms with van der Waals surface area (Å²) in [6.07, 6.45) is 2.32. The molecule has 4 atom stereocenters. The maximum absolute atomic E-state index is 13.0. The first-order valence-corrected chi connectivity index (χ1v) is 12.5. The molecular formula is C20H37N7O7S. The average molecular weight is 520 g/mol. The fourth-order valence-corrected chi connectivity index (χ4v) is 3.41. The summed E-state index contributed by atoms with van der Waals surface area (Å²) in [6, 6.07) is -4.91. The van der Waals surface area contributed by atoms with E-state index in [1.807, 2.05) is 6.26 Å². The summed E-state index contributed by atoms with van der Waals surface area (Å²) >= 11 is 1.51. The lowest BCUT2D eigenvalue weighted by molar-refractivity contribution is -0.144. The van der Waals surface area contributed by atoms with Crippen LogP contribution in [0.2, 0.25) is 0 Å². The van der Waals surface area contributed by atoms with Crippen LogP contribution in [0.1, 0.15) is 44.9 Å². The number of amides is 5. The highest BCUT2D eigenvalue weighted by Gasteiger charge is 2.30. The number of aliphatic carboxylic acids is 1. The molecule has 5 amide bonds. The van der Waals surface area contributed by atoms with Gasteiger partial charge in [0.2, 0.25) is 29.5 Å². The van der Waals surface area contributed by atoms with E-state index in [0.29, 0.717) is 31.6 Å². The predicted molar refractivity (Wildman–Crippen MR) is 130 cm³/mol. The molecule has 0 saturated heterocycles. The molecule has 0 aliphatic heterocycles. The minimum atomic E-state index is -1.64. The highest BCUT2D eigenvalue weighted by molar-refractivity contribution is 7.98. The summed E-state index contributed by atoms with van der Waals surface area (Å²) in [7, 11) is 0. The van der Waals surface area contributed by atoms with E-state index in [1.54, 1.807) is 0 Å². The quantitative estimate of drug-likeness (QED) is 0.0795. The van der Waals surface area contributed by atoms with Crippen LogP contribution in [0.15, 0.2) is 0 Å². The van der Waals surface area contributed by atoms with Gasteiger partial charge in [-0.25, -0.2) is 4.79 Å². The second-order valence-corrected chi connectivity index (χ2v) is 8.86. The number of rotatable bonds is 19. The molecule has 0 aliphatic rings. The Labute approximate surface area is 208 Å². The molecule has 0 aliphatic carbocycles. The molecule has 35 heavy (non-hydrogen) atoms. The number of thioether (sulfide) groups is 1. The van der Waals surface area contributed by atoms with Gasteiger partial charge in [0.25, 0.3) is 0 Å². The molecule has 0 radical (unpaired) electrons. The van der Waals surface area contributed by atoms with Gasteiger partial charge in [-0.3, -0.25) is 24.0 Å². The van der Waals surface area contributed by atoms with E-state index in [4.69, 9.17) is 22.9 Å². The van der Waals surface area contributed by atoms with Crippen LogP contribution in [0.5, 0.6) is 0 Å². The summed E-state index contributed by atoms with van der Waals surface area (Å²) < 4.78 is 0. The Morgan fingerprint density at radius 3 is 1.83 bits per heavy atom. The van der Waals surface area contributed by atoms with Gasteiger partial charge in [0.15, 0.2) is 0 Å². The average Bonchev–Trinajstić information content (AvgIpc) is 2.78. The fourth-order valence-electron chi connectivity index (χ4n) is 2.92. The first-order chi connectivity index (χ1) is 16.4. The molecule has 0 spiro atoms. The second kappa shape index (κ2) is 17.5. The Kier molecular flexibility index (Phi) is 16.1. The zero-order chi connectivity index (χ0) is 27.0. The van der Waals surface area contributed by atoms with Crippen molar-refractivity contribution < 1.29 is 33.9 Å². The van der Waals surface area contributed by atoms with E-state index >= 15 is 0 Å². The van der Waals surface area contributed by atoms with Crippen LogP contribution >= 0.6 is 11.8 Å². The lowest BCUT2D eigenvalue weighted by Gasteiger charge is -2.25. The molecule has 14 nitrogen and oxygen atoms in total. The Balaban J connectivity index is 5.55. The summed E-state index contributed by atoms with van der Waals surface area (Å²) in [5.74, 6) is -4.83. The Morgan fingerprint density at radius 2 is 1.34 bits per heavy atom. The summed E-state index contributed by atoms with van der Waals surface area (Å²) in [5, 5.41) is 16.3. The van der Waals surface area contributed by atoms with Gasteiger partial charge in [-0.2, -0.15) is 11.8 Å². The van der Waals surface area contributed by atoms with Gasteiger partial charge in [0.05, 0.1) is 12.5 Å². The molecule has 4 unspecified atom stereocenters. The number of carbonyl (C=O) groups excluding carboxylic acids is 5. The summed E-state index contributed by atoms with van der Waals surface area (Å²) in [4.78, 5) is 71.8. The number of primary amides is 2. The Hall–Kier alpha value is -2.91. The largest absolute Gasteiger partial charge is 0.480 e. The zero-order valence-electron chi connectivity index (χ0n) is 19.8. The maximum Gasteiger partial charge on any atom is 0.326 e. The molecule has 0 bridgehead atoms. The van der Waals surface area contributed by atoms with Gasteiger partial charge in [-0.1, -0.05) is 0 Å². The minimum absolute atomic E-state index is 0.202. The molecule has 0 aromatic carbocycles. The number of nitrogens with two attached hydrogens (primary N) is 4. The monoisotopic (exact) mass is 519 g/mol.